The fourth-order valence-electron chi connectivity index (χ4n) is 4.53. The van der Waals surface area contributed by atoms with Gasteiger partial charge in [0.1, 0.15) is 22.3 Å². The van der Waals surface area contributed by atoms with E-state index in [0.29, 0.717) is 29.0 Å². The zero-order valence-electron chi connectivity index (χ0n) is 18.9. The molecule has 1 saturated carbocycles. The Bertz CT molecular complexity index is 1160. The van der Waals surface area contributed by atoms with Gasteiger partial charge in [0.15, 0.2) is 0 Å². The molecule has 0 aliphatic heterocycles. The summed E-state index contributed by atoms with van der Waals surface area (Å²) in [5, 5.41) is 14.4. The first-order chi connectivity index (χ1) is 15.2. The van der Waals surface area contributed by atoms with Crippen LogP contribution in [0.4, 0.5) is 11.8 Å². The summed E-state index contributed by atoms with van der Waals surface area (Å²) in [5.41, 5.74) is 9.16. The Morgan fingerprint density at radius 3 is 2.69 bits per heavy atom. The molecule has 2 aromatic heterocycles. The highest BCUT2D eigenvalue weighted by Gasteiger charge is 2.38. The number of nitrogens with zero attached hydrogens (tertiary/aromatic N) is 3. The van der Waals surface area contributed by atoms with E-state index in [1.54, 1.807) is 0 Å². The van der Waals surface area contributed by atoms with Crippen LogP contribution in [0.3, 0.4) is 0 Å². The molecule has 0 spiro atoms. The minimum absolute atomic E-state index is 0.0966. The number of furan rings is 1. The van der Waals surface area contributed by atoms with Crippen LogP contribution in [0.2, 0.25) is 5.15 Å². The minimum Gasteiger partial charge on any atom is -0.456 e. The molecular weight excluding hydrogens is 426 g/mol. The van der Waals surface area contributed by atoms with Crippen LogP contribution in [-0.2, 0) is 0 Å². The maximum atomic E-state index is 9.72. The Morgan fingerprint density at radius 1 is 1.28 bits per heavy atom. The van der Waals surface area contributed by atoms with E-state index in [2.05, 4.69) is 35.7 Å². The summed E-state index contributed by atoms with van der Waals surface area (Å²) in [4.78, 5) is 10.6. The van der Waals surface area contributed by atoms with Crippen molar-refractivity contribution >= 4 is 40.0 Å². The number of halogens is 1. The van der Waals surface area contributed by atoms with Gasteiger partial charge in [0, 0.05) is 37.8 Å². The van der Waals surface area contributed by atoms with Crippen LogP contribution < -0.4 is 11.1 Å². The van der Waals surface area contributed by atoms with Gasteiger partial charge in [-0.1, -0.05) is 32.0 Å². The first kappa shape index (κ1) is 22.4. The normalized spacial score (nSPS) is 22.9. The van der Waals surface area contributed by atoms with Gasteiger partial charge in [-0.05, 0) is 54.0 Å². The van der Waals surface area contributed by atoms with Gasteiger partial charge in [-0.3, -0.25) is 0 Å². The maximum Gasteiger partial charge on any atom is 0.223 e. The maximum absolute atomic E-state index is 9.72. The van der Waals surface area contributed by atoms with Crippen molar-refractivity contribution in [2.24, 2.45) is 17.8 Å². The Hall–Kier alpha value is -2.77. The first-order valence-electron chi connectivity index (χ1n) is 10.8. The molecule has 4 N–H and O–H groups in total. The molecule has 3 aromatic rings. The molecule has 32 heavy (non-hydrogen) atoms. The fourth-order valence-corrected chi connectivity index (χ4v) is 4.80. The lowest BCUT2D eigenvalue weighted by molar-refractivity contribution is 0.191. The van der Waals surface area contributed by atoms with E-state index in [9.17, 15) is 5.11 Å². The lowest BCUT2D eigenvalue weighted by atomic mass is 9.92. The van der Waals surface area contributed by atoms with Gasteiger partial charge in [-0.2, -0.15) is 4.98 Å². The second kappa shape index (κ2) is 8.64. The number of aromatic nitrogens is 2. The van der Waals surface area contributed by atoms with Gasteiger partial charge in [0.05, 0.1) is 5.56 Å². The topological polar surface area (TPSA) is 100 Å². The number of benzene rings is 1. The standard InChI is InChI=1S/C24H30ClN5O2/c1-12-13(2)18(9-17(12)11-31)27-23-21(22(25)28-24(26)29-23)20-10-16-8-15(14(3)30(4)5)6-7-19(16)32-20/h6-8,10,12-13,17-18,31H,3,9,11H2,1-2,4-5H3,(H3,26,27,28,29). The third-order valence-electron chi connectivity index (χ3n) is 6.84. The third-order valence-corrected chi connectivity index (χ3v) is 7.11. The number of anilines is 2. The summed E-state index contributed by atoms with van der Waals surface area (Å²) in [6.45, 7) is 8.66. The van der Waals surface area contributed by atoms with Crippen LogP contribution in [0, 0.1) is 17.8 Å². The van der Waals surface area contributed by atoms with Crippen molar-refractivity contribution in [2.75, 3.05) is 31.8 Å². The lowest BCUT2D eigenvalue weighted by Crippen LogP contribution is -2.25. The summed E-state index contributed by atoms with van der Waals surface area (Å²) in [7, 11) is 3.92. The Kier molecular flexibility index (Phi) is 6.05. The molecule has 4 rings (SSSR count). The molecular formula is C24H30ClN5O2. The molecule has 8 heteroatoms. The molecule has 0 amide bonds. The fraction of sp³-hybridized carbons (Fsp3) is 0.417. The van der Waals surface area contributed by atoms with Gasteiger partial charge in [0.25, 0.3) is 0 Å². The predicted molar refractivity (Wildman–Crippen MR) is 130 cm³/mol. The smallest absolute Gasteiger partial charge is 0.223 e. The molecule has 7 nitrogen and oxygen atoms in total. The summed E-state index contributed by atoms with van der Waals surface area (Å²) in [5.74, 6) is 2.20. The summed E-state index contributed by atoms with van der Waals surface area (Å²) in [6.07, 6.45) is 0.843. The first-order valence-corrected chi connectivity index (χ1v) is 11.2. The molecule has 1 aliphatic carbocycles. The predicted octanol–water partition coefficient (Wildman–Crippen LogP) is 4.72. The molecule has 4 atom stereocenters. The Morgan fingerprint density at radius 2 is 2.03 bits per heavy atom. The van der Waals surface area contributed by atoms with Crippen LogP contribution in [0.5, 0.6) is 0 Å². The summed E-state index contributed by atoms with van der Waals surface area (Å²) < 4.78 is 6.14. The van der Waals surface area contributed by atoms with Crippen molar-refractivity contribution in [2.45, 2.75) is 26.3 Å². The van der Waals surface area contributed by atoms with Crippen molar-refractivity contribution in [3.05, 3.63) is 41.6 Å². The Labute approximate surface area is 193 Å². The van der Waals surface area contributed by atoms with E-state index in [4.69, 9.17) is 21.8 Å². The van der Waals surface area contributed by atoms with E-state index in [1.165, 1.54) is 0 Å². The number of nitrogens with two attached hydrogens (primary N) is 1. The van der Waals surface area contributed by atoms with Crippen LogP contribution >= 0.6 is 11.6 Å². The van der Waals surface area contributed by atoms with Crippen LogP contribution in [0.1, 0.15) is 25.8 Å². The quantitative estimate of drug-likeness (QED) is 0.462. The number of nitrogens with one attached hydrogen (secondary N) is 1. The zero-order chi connectivity index (χ0) is 23.2. The van der Waals surface area contributed by atoms with Gasteiger partial charge >= 0.3 is 0 Å². The van der Waals surface area contributed by atoms with E-state index in [-0.39, 0.29) is 29.7 Å². The SMILES string of the molecule is C=C(c1ccc2oc(-c3c(Cl)nc(N)nc3NC3CC(CO)C(C)C3C)cc2c1)N(C)C. The van der Waals surface area contributed by atoms with Gasteiger partial charge in [-0.25, -0.2) is 4.98 Å². The number of rotatable bonds is 6. The van der Waals surface area contributed by atoms with Crippen molar-refractivity contribution in [3.63, 3.8) is 0 Å². The highest BCUT2D eigenvalue weighted by Crippen LogP contribution is 2.41. The molecule has 1 fully saturated rings. The summed E-state index contributed by atoms with van der Waals surface area (Å²) in [6, 6.07) is 8.01. The third kappa shape index (κ3) is 4.02. The van der Waals surface area contributed by atoms with E-state index < -0.39 is 0 Å². The second-order valence-corrected chi connectivity index (χ2v) is 9.31. The molecule has 2 heterocycles. The monoisotopic (exact) mass is 455 g/mol. The molecule has 0 saturated heterocycles. The average molecular weight is 456 g/mol. The van der Waals surface area contributed by atoms with Gasteiger partial charge < -0.3 is 25.5 Å². The van der Waals surface area contributed by atoms with E-state index in [0.717, 1.165) is 28.7 Å². The number of hydrogen-bond acceptors (Lipinski definition) is 7. The largest absolute Gasteiger partial charge is 0.456 e. The van der Waals surface area contributed by atoms with Crippen molar-refractivity contribution in [1.82, 2.24) is 14.9 Å². The van der Waals surface area contributed by atoms with E-state index in [1.807, 2.05) is 43.3 Å². The number of aliphatic hydroxyl groups is 1. The molecule has 0 radical (unpaired) electrons. The molecule has 4 unspecified atom stereocenters. The van der Waals surface area contributed by atoms with Crippen LogP contribution in [0.15, 0.2) is 35.3 Å². The highest BCUT2D eigenvalue weighted by atomic mass is 35.5. The highest BCUT2D eigenvalue weighted by molar-refractivity contribution is 6.32. The van der Waals surface area contributed by atoms with Gasteiger partial charge in [0.2, 0.25) is 5.95 Å². The minimum atomic E-state index is 0.0966. The van der Waals surface area contributed by atoms with Crippen molar-refractivity contribution in [1.29, 1.82) is 0 Å². The number of hydrogen-bond donors (Lipinski definition) is 3. The zero-order valence-corrected chi connectivity index (χ0v) is 19.6. The summed E-state index contributed by atoms with van der Waals surface area (Å²) >= 11 is 6.53. The molecule has 170 valence electrons. The molecule has 0 bridgehead atoms. The lowest BCUT2D eigenvalue weighted by Gasteiger charge is -2.21. The molecule has 1 aliphatic rings. The van der Waals surface area contributed by atoms with E-state index >= 15 is 0 Å². The number of fused-ring (bicyclic) bond motifs is 1. The van der Waals surface area contributed by atoms with Crippen LogP contribution in [-0.4, -0.2) is 46.7 Å². The Balaban J connectivity index is 1.74. The average Bonchev–Trinajstić information content (AvgIpc) is 3.27. The number of aliphatic hydroxyl groups excluding tert-OH is 1. The van der Waals surface area contributed by atoms with Crippen molar-refractivity contribution < 1.29 is 9.52 Å². The molecule has 1 aromatic carbocycles. The van der Waals surface area contributed by atoms with Crippen molar-refractivity contribution in [3.8, 4) is 11.3 Å². The second-order valence-electron chi connectivity index (χ2n) is 8.95. The number of nitrogen functional groups attached to an aromatic ring is 1. The van der Waals surface area contributed by atoms with Crippen LogP contribution in [0.25, 0.3) is 28.0 Å². The van der Waals surface area contributed by atoms with Gasteiger partial charge in [-0.15, -0.1) is 0 Å².